The number of aliphatic hydroxyl groups excluding tert-OH is 1. The van der Waals surface area contributed by atoms with Crippen LogP contribution in [0.25, 0.3) is 0 Å². The predicted molar refractivity (Wildman–Crippen MR) is 93.2 cm³/mol. The third-order valence-corrected chi connectivity index (χ3v) is 4.20. The minimum atomic E-state index is 0.0968. The molecule has 0 aromatic carbocycles. The molecule has 0 spiro atoms. The molecule has 1 nitrogen and oxygen atoms in total. The number of allylic oxidation sites excluding steroid dienone is 8. The van der Waals surface area contributed by atoms with Gasteiger partial charge in [-0.2, -0.15) is 0 Å². The van der Waals surface area contributed by atoms with Gasteiger partial charge in [0.05, 0.1) is 6.61 Å². The molecule has 0 aliphatic heterocycles. The van der Waals surface area contributed by atoms with Gasteiger partial charge in [-0.3, -0.25) is 0 Å². The molecule has 0 saturated heterocycles. The molecule has 0 bridgehead atoms. The van der Waals surface area contributed by atoms with Gasteiger partial charge >= 0.3 is 0 Å². The first-order valence-electron chi connectivity index (χ1n) is 7.87. The van der Waals surface area contributed by atoms with E-state index in [0.29, 0.717) is 0 Å². The Balaban J connectivity index is 2.64. The summed E-state index contributed by atoms with van der Waals surface area (Å²) in [6.45, 7) is 13.1. The van der Waals surface area contributed by atoms with Gasteiger partial charge < -0.3 is 5.11 Å². The summed E-state index contributed by atoms with van der Waals surface area (Å²) in [5.41, 5.74) is 5.49. The lowest BCUT2D eigenvalue weighted by Gasteiger charge is -2.33. The fourth-order valence-corrected chi connectivity index (χ4v) is 2.89. The van der Waals surface area contributed by atoms with E-state index in [1.165, 1.54) is 30.4 Å². The topological polar surface area (TPSA) is 20.2 Å². The Hall–Kier alpha value is -1.34. The van der Waals surface area contributed by atoms with Crippen molar-refractivity contribution < 1.29 is 5.11 Å². The van der Waals surface area contributed by atoms with Gasteiger partial charge in [0.1, 0.15) is 0 Å². The molecule has 0 atom stereocenters. The lowest BCUT2D eigenvalue weighted by Crippen LogP contribution is -2.19. The Bertz CT molecular complexity index is 484. The average molecular weight is 286 g/mol. The van der Waals surface area contributed by atoms with E-state index >= 15 is 0 Å². The first-order valence-corrected chi connectivity index (χ1v) is 7.87. The Morgan fingerprint density at radius 2 is 2.05 bits per heavy atom. The first-order chi connectivity index (χ1) is 9.86. The van der Waals surface area contributed by atoms with Crippen LogP contribution in [0.15, 0.2) is 59.3 Å². The molecule has 0 unspecified atom stereocenters. The predicted octanol–water partition coefficient (Wildman–Crippen LogP) is 5.51. The van der Waals surface area contributed by atoms with Gasteiger partial charge in [-0.1, -0.05) is 67.5 Å². The molecule has 21 heavy (non-hydrogen) atoms. The van der Waals surface area contributed by atoms with Gasteiger partial charge in [-0.15, -0.1) is 0 Å². The van der Waals surface area contributed by atoms with Crippen molar-refractivity contribution in [2.45, 2.75) is 53.4 Å². The third-order valence-electron chi connectivity index (χ3n) is 4.20. The van der Waals surface area contributed by atoms with Gasteiger partial charge in [0.25, 0.3) is 0 Å². The zero-order valence-electron chi connectivity index (χ0n) is 14.1. The van der Waals surface area contributed by atoms with Crippen molar-refractivity contribution in [2.75, 3.05) is 6.61 Å². The van der Waals surface area contributed by atoms with Crippen molar-refractivity contribution in [3.8, 4) is 0 Å². The standard InChI is InChI=1S/C20H30O/c1-16(8-6-9-17(2)13-15-21)11-12-19-18(3)10-7-14-20(19,4)5/h6,9,11-13,21H,1,7-8,10,14-15H2,2-5H3/b9-6+,12-11+,17-13-. The second-order valence-corrected chi connectivity index (χ2v) is 6.66. The third kappa shape index (κ3) is 5.89. The number of rotatable bonds is 6. The summed E-state index contributed by atoms with van der Waals surface area (Å²) in [4.78, 5) is 0. The van der Waals surface area contributed by atoms with Crippen LogP contribution < -0.4 is 0 Å². The molecule has 1 heteroatoms. The maximum absolute atomic E-state index is 8.80. The van der Waals surface area contributed by atoms with Crippen LogP contribution in [0.4, 0.5) is 0 Å². The van der Waals surface area contributed by atoms with Crippen molar-refractivity contribution >= 4 is 0 Å². The molecular weight excluding hydrogens is 256 g/mol. The van der Waals surface area contributed by atoms with Crippen LogP contribution in [-0.4, -0.2) is 11.7 Å². The highest BCUT2D eigenvalue weighted by Crippen LogP contribution is 2.40. The Kier molecular flexibility index (Phi) is 6.91. The highest BCUT2D eigenvalue weighted by atomic mass is 16.2. The summed E-state index contributed by atoms with van der Waals surface area (Å²) in [7, 11) is 0. The molecule has 0 radical (unpaired) electrons. The van der Waals surface area contributed by atoms with Gasteiger partial charge in [-0.25, -0.2) is 0 Å². The average Bonchev–Trinajstić information content (AvgIpc) is 2.37. The van der Waals surface area contributed by atoms with Gasteiger partial charge in [0, 0.05) is 0 Å². The first kappa shape index (κ1) is 17.7. The van der Waals surface area contributed by atoms with Crippen molar-refractivity contribution in [3.05, 3.63) is 59.3 Å². The summed E-state index contributed by atoms with van der Waals surface area (Å²) in [6.07, 6.45) is 15.0. The van der Waals surface area contributed by atoms with Crippen LogP contribution >= 0.6 is 0 Å². The van der Waals surface area contributed by atoms with Crippen molar-refractivity contribution in [2.24, 2.45) is 5.41 Å². The van der Waals surface area contributed by atoms with Crippen molar-refractivity contribution in [1.82, 2.24) is 0 Å². The number of hydrogen-bond acceptors (Lipinski definition) is 1. The molecule has 0 fully saturated rings. The van der Waals surface area contributed by atoms with E-state index in [-0.39, 0.29) is 12.0 Å². The van der Waals surface area contributed by atoms with E-state index in [9.17, 15) is 0 Å². The molecule has 1 aliphatic carbocycles. The van der Waals surface area contributed by atoms with Crippen LogP contribution in [0.2, 0.25) is 0 Å². The molecule has 0 amide bonds. The van der Waals surface area contributed by atoms with E-state index in [1.54, 1.807) is 6.08 Å². The van der Waals surface area contributed by atoms with Crippen molar-refractivity contribution in [1.29, 1.82) is 0 Å². The molecule has 0 aromatic rings. The summed E-state index contributed by atoms with van der Waals surface area (Å²) >= 11 is 0. The summed E-state index contributed by atoms with van der Waals surface area (Å²) in [6, 6.07) is 0. The number of aliphatic hydroxyl groups is 1. The molecule has 0 saturated carbocycles. The monoisotopic (exact) mass is 286 g/mol. The van der Waals surface area contributed by atoms with E-state index in [0.717, 1.165) is 17.6 Å². The van der Waals surface area contributed by atoms with E-state index < -0.39 is 0 Å². The van der Waals surface area contributed by atoms with Crippen LogP contribution in [0, 0.1) is 5.41 Å². The van der Waals surface area contributed by atoms with Crippen LogP contribution in [-0.2, 0) is 0 Å². The maximum atomic E-state index is 8.80. The Morgan fingerprint density at radius 3 is 2.67 bits per heavy atom. The molecule has 116 valence electrons. The SMILES string of the molecule is C=C(/C=C/C1=C(C)CCCC1(C)C)C/C=C/C(C)=C\CO. The Labute approximate surface area is 130 Å². The van der Waals surface area contributed by atoms with Crippen molar-refractivity contribution in [3.63, 3.8) is 0 Å². The summed E-state index contributed by atoms with van der Waals surface area (Å²) in [5.74, 6) is 0. The quantitative estimate of drug-likeness (QED) is 0.638. The van der Waals surface area contributed by atoms with E-state index in [2.05, 4.69) is 45.6 Å². The fourth-order valence-electron chi connectivity index (χ4n) is 2.89. The largest absolute Gasteiger partial charge is 0.392 e. The van der Waals surface area contributed by atoms with E-state index in [1.807, 2.05) is 13.0 Å². The molecule has 0 aromatic heterocycles. The molecular formula is C20H30O. The number of hydrogen-bond donors (Lipinski definition) is 1. The minimum absolute atomic E-state index is 0.0968. The zero-order chi connectivity index (χ0) is 15.9. The van der Waals surface area contributed by atoms with Gasteiger partial charge in [0.15, 0.2) is 0 Å². The molecule has 0 heterocycles. The maximum Gasteiger partial charge on any atom is 0.0617 e. The lowest BCUT2D eigenvalue weighted by atomic mass is 9.72. The minimum Gasteiger partial charge on any atom is -0.392 e. The van der Waals surface area contributed by atoms with Gasteiger partial charge in [-0.05, 0) is 50.5 Å². The fraction of sp³-hybridized carbons (Fsp3) is 0.500. The molecule has 1 N–H and O–H groups in total. The Morgan fingerprint density at radius 1 is 1.33 bits per heavy atom. The van der Waals surface area contributed by atoms with Gasteiger partial charge in [0.2, 0.25) is 0 Å². The van der Waals surface area contributed by atoms with Crippen LogP contribution in [0.5, 0.6) is 0 Å². The second kappa shape index (κ2) is 8.19. The molecule has 1 aliphatic rings. The zero-order valence-corrected chi connectivity index (χ0v) is 14.1. The molecule has 1 rings (SSSR count). The highest BCUT2D eigenvalue weighted by Gasteiger charge is 2.26. The smallest absolute Gasteiger partial charge is 0.0617 e. The lowest BCUT2D eigenvalue weighted by molar-refractivity contribution is 0.342. The van der Waals surface area contributed by atoms with Crippen LogP contribution in [0.1, 0.15) is 53.4 Å². The normalized spacial score (nSPS) is 19.8. The summed E-state index contributed by atoms with van der Waals surface area (Å²) < 4.78 is 0. The van der Waals surface area contributed by atoms with Crippen LogP contribution in [0.3, 0.4) is 0 Å². The second-order valence-electron chi connectivity index (χ2n) is 6.66. The van der Waals surface area contributed by atoms with E-state index in [4.69, 9.17) is 5.11 Å². The highest BCUT2D eigenvalue weighted by molar-refractivity contribution is 5.36. The summed E-state index contributed by atoms with van der Waals surface area (Å²) in [5, 5.41) is 8.80.